The van der Waals surface area contributed by atoms with E-state index in [1.54, 1.807) is 0 Å². The second-order valence-corrected chi connectivity index (χ2v) is 14.8. The molecular formula is C46H80N2O7. The summed E-state index contributed by atoms with van der Waals surface area (Å²) in [6.07, 6.45) is 47.3. The van der Waals surface area contributed by atoms with Crippen molar-refractivity contribution in [3.8, 4) is 0 Å². The maximum atomic E-state index is 12.7. The summed E-state index contributed by atoms with van der Waals surface area (Å²) in [5.41, 5.74) is 0. The lowest BCUT2D eigenvalue weighted by Gasteiger charge is -2.15. The van der Waals surface area contributed by atoms with Gasteiger partial charge in [0.2, 0.25) is 11.8 Å². The van der Waals surface area contributed by atoms with Gasteiger partial charge in [0, 0.05) is 12.8 Å². The number of aliphatic hydroxyl groups is 1. The number of hydrogen-bond donors (Lipinski definition) is 4. The SMILES string of the molecule is CCCCC/C=C\C/C=C\CCCCCCCCCCCC(=O)OC(/C=C\C/C=C\CCCCCC)CCCCCCC(=O)NCC(=O)NC(CO)C(=O)O. The van der Waals surface area contributed by atoms with Gasteiger partial charge < -0.3 is 25.6 Å². The first-order chi connectivity index (χ1) is 26.8. The molecule has 0 aromatic rings. The molecule has 0 saturated carbocycles. The number of esters is 1. The summed E-state index contributed by atoms with van der Waals surface area (Å²) in [5, 5.41) is 22.5. The largest absolute Gasteiger partial charge is 0.480 e. The molecule has 0 bridgehead atoms. The van der Waals surface area contributed by atoms with E-state index in [0.29, 0.717) is 12.8 Å². The van der Waals surface area contributed by atoms with Crippen molar-refractivity contribution in [3.05, 3.63) is 48.6 Å². The van der Waals surface area contributed by atoms with Gasteiger partial charge in [0.05, 0.1) is 13.2 Å². The van der Waals surface area contributed by atoms with E-state index in [1.165, 1.54) is 96.3 Å². The van der Waals surface area contributed by atoms with Crippen LogP contribution in [0, 0.1) is 0 Å². The van der Waals surface area contributed by atoms with Crippen molar-refractivity contribution in [2.75, 3.05) is 13.2 Å². The number of allylic oxidation sites excluding steroid dienone is 7. The molecule has 2 atom stereocenters. The second-order valence-electron chi connectivity index (χ2n) is 14.8. The van der Waals surface area contributed by atoms with Gasteiger partial charge in [-0.05, 0) is 83.1 Å². The second kappa shape index (κ2) is 40.5. The Morgan fingerprint density at radius 2 is 1.04 bits per heavy atom. The van der Waals surface area contributed by atoms with E-state index in [1.807, 2.05) is 6.08 Å². The van der Waals surface area contributed by atoms with Crippen molar-refractivity contribution in [2.24, 2.45) is 0 Å². The number of aliphatic hydroxyl groups excluding tert-OH is 1. The van der Waals surface area contributed by atoms with Crippen LogP contribution in [0.25, 0.3) is 0 Å². The third-order valence-electron chi connectivity index (χ3n) is 9.53. The van der Waals surface area contributed by atoms with Crippen LogP contribution in [0.3, 0.4) is 0 Å². The smallest absolute Gasteiger partial charge is 0.328 e. The van der Waals surface area contributed by atoms with Crippen molar-refractivity contribution in [1.82, 2.24) is 10.6 Å². The third kappa shape index (κ3) is 37.5. The van der Waals surface area contributed by atoms with Gasteiger partial charge in [-0.3, -0.25) is 14.4 Å². The normalized spacial score (nSPS) is 12.9. The molecule has 0 aliphatic rings. The highest BCUT2D eigenvalue weighted by atomic mass is 16.5. The average Bonchev–Trinajstić information content (AvgIpc) is 3.17. The zero-order chi connectivity index (χ0) is 40.5. The Hall–Kier alpha value is -3.20. The fourth-order valence-electron chi connectivity index (χ4n) is 6.10. The van der Waals surface area contributed by atoms with Crippen LogP contribution in [0.1, 0.15) is 194 Å². The predicted octanol–water partition coefficient (Wildman–Crippen LogP) is 10.8. The molecule has 0 radical (unpaired) electrons. The van der Waals surface area contributed by atoms with E-state index >= 15 is 0 Å². The number of carboxylic acids is 1. The topological polar surface area (TPSA) is 142 Å². The van der Waals surface area contributed by atoms with Crippen LogP contribution in [0.4, 0.5) is 0 Å². The molecule has 0 aliphatic carbocycles. The maximum Gasteiger partial charge on any atom is 0.328 e. The standard InChI is InChI=1S/C46H80N2O7/c1-3-5-7-9-11-13-14-15-16-17-18-19-20-21-22-24-26-28-34-38-45(52)55-41(35-31-27-25-23-12-10-8-6-4-2)36-32-29-30-33-37-43(50)47-39-44(51)48-42(40-49)46(53)54/h11,13,15-16,23,25,31,35,41-42,49H,3-10,12,14,17-22,24,26-30,32-34,36-40H2,1-2H3,(H,47,50)(H,48,51)(H,53,54)/b13-11-,16-15-,25-23-,35-31-. The predicted molar refractivity (Wildman–Crippen MR) is 227 cm³/mol. The summed E-state index contributed by atoms with van der Waals surface area (Å²) >= 11 is 0. The minimum atomic E-state index is -1.39. The summed E-state index contributed by atoms with van der Waals surface area (Å²) in [6, 6.07) is -1.39. The number of carbonyl (C=O) groups is 4. The molecule has 2 unspecified atom stereocenters. The Labute approximate surface area is 335 Å². The lowest BCUT2D eigenvalue weighted by molar-refractivity contribution is -0.147. The molecule has 2 amide bonds. The van der Waals surface area contributed by atoms with E-state index in [4.69, 9.17) is 14.9 Å². The van der Waals surface area contributed by atoms with Crippen LogP contribution < -0.4 is 10.6 Å². The molecule has 0 spiro atoms. The monoisotopic (exact) mass is 773 g/mol. The van der Waals surface area contributed by atoms with E-state index in [-0.39, 0.29) is 30.9 Å². The van der Waals surface area contributed by atoms with Crippen molar-refractivity contribution in [3.63, 3.8) is 0 Å². The van der Waals surface area contributed by atoms with Gasteiger partial charge in [0.15, 0.2) is 0 Å². The zero-order valence-corrected chi connectivity index (χ0v) is 34.9. The molecule has 0 rings (SSSR count). The Balaban J connectivity index is 4.28. The Morgan fingerprint density at radius 1 is 0.564 bits per heavy atom. The number of carboxylic acid groups (broad SMARTS) is 1. The number of carbonyl (C=O) groups excluding carboxylic acids is 3. The van der Waals surface area contributed by atoms with Crippen LogP contribution in [-0.4, -0.2) is 59.3 Å². The van der Waals surface area contributed by atoms with Gasteiger partial charge in [0.25, 0.3) is 0 Å². The number of ether oxygens (including phenoxy) is 1. The fourth-order valence-corrected chi connectivity index (χ4v) is 6.10. The summed E-state index contributed by atoms with van der Waals surface area (Å²) < 4.78 is 5.90. The number of nitrogens with one attached hydrogen (secondary N) is 2. The molecule has 9 nitrogen and oxygen atoms in total. The summed E-state index contributed by atoms with van der Waals surface area (Å²) in [5.74, 6) is -2.43. The highest BCUT2D eigenvalue weighted by molar-refractivity contribution is 5.87. The van der Waals surface area contributed by atoms with Crippen LogP contribution in [0.15, 0.2) is 48.6 Å². The van der Waals surface area contributed by atoms with Gasteiger partial charge in [-0.15, -0.1) is 0 Å². The van der Waals surface area contributed by atoms with Gasteiger partial charge in [-0.25, -0.2) is 4.79 Å². The zero-order valence-electron chi connectivity index (χ0n) is 34.9. The van der Waals surface area contributed by atoms with Crippen LogP contribution in [0.5, 0.6) is 0 Å². The van der Waals surface area contributed by atoms with Gasteiger partial charge >= 0.3 is 11.9 Å². The molecule has 0 heterocycles. The lowest BCUT2D eigenvalue weighted by atomic mass is 10.1. The molecule has 0 aromatic carbocycles. The molecule has 55 heavy (non-hydrogen) atoms. The minimum absolute atomic E-state index is 0.132. The van der Waals surface area contributed by atoms with E-state index in [0.717, 1.165) is 64.2 Å². The van der Waals surface area contributed by atoms with Gasteiger partial charge in [-0.2, -0.15) is 0 Å². The number of rotatable bonds is 39. The van der Waals surface area contributed by atoms with Gasteiger partial charge in [-0.1, -0.05) is 146 Å². The van der Waals surface area contributed by atoms with Crippen molar-refractivity contribution in [1.29, 1.82) is 0 Å². The van der Waals surface area contributed by atoms with Crippen LogP contribution in [-0.2, 0) is 23.9 Å². The third-order valence-corrected chi connectivity index (χ3v) is 9.53. The van der Waals surface area contributed by atoms with E-state index in [2.05, 4.69) is 67.0 Å². The van der Waals surface area contributed by atoms with E-state index < -0.39 is 24.5 Å². The molecular weight excluding hydrogens is 693 g/mol. The average molecular weight is 773 g/mol. The quantitative estimate of drug-likeness (QED) is 0.0277. The molecule has 0 aromatic heterocycles. The van der Waals surface area contributed by atoms with Crippen LogP contribution >= 0.6 is 0 Å². The summed E-state index contributed by atoms with van der Waals surface area (Å²) in [7, 11) is 0. The Kier molecular flexibility index (Phi) is 38.1. The lowest BCUT2D eigenvalue weighted by Crippen LogP contribution is -2.47. The molecule has 316 valence electrons. The summed E-state index contributed by atoms with van der Waals surface area (Å²) in [6.45, 7) is 3.40. The van der Waals surface area contributed by atoms with Gasteiger partial charge in [0.1, 0.15) is 12.1 Å². The van der Waals surface area contributed by atoms with Crippen LogP contribution in [0.2, 0.25) is 0 Å². The Morgan fingerprint density at radius 3 is 1.60 bits per heavy atom. The van der Waals surface area contributed by atoms with Crippen molar-refractivity contribution in [2.45, 2.75) is 206 Å². The highest BCUT2D eigenvalue weighted by Crippen LogP contribution is 2.15. The number of amides is 2. The highest BCUT2D eigenvalue weighted by Gasteiger charge is 2.18. The van der Waals surface area contributed by atoms with Crippen molar-refractivity contribution >= 4 is 23.8 Å². The Bertz CT molecular complexity index is 1070. The summed E-state index contributed by atoms with van der Waals surface area (Å²) in [4.78, 5) is 47.6. The minimum Gasteiger partial charge on any atom is -0.480 e. The molecule has 0 saturated heterocycles. The first kappa shape index (κ1) is 51.8. The van der Waals surface area contributed by atoms with E-state index in [9.17, 15) is 19.2 Å². The molecule has 9 heteroatoms. The first-order valence-corrected chi connectivity index (χ1v) is 22.0. The number of aliphatic carboxylic acids is 1. The molecule has 0 fully saturated rings. The van der Waals surface area contributed by atoms with Crippen molar-refractivity contribution < 1.29 is 34.1 Å². The maximum absolute atomic E-state index is 12.7. The number of hydrogen-bond acceptors (Lipinski definition) is 6. The molecule has 0 aliphatic heterocycles. The first-order valence-electron chi connectivity index (χ1n) is 22.0. The number of unbranched alkanes of at least 4 members (excludes halogenated alkanes) is 19. The fraction of sp³-hybridized carbons (Fsp3) is 0.739. The molecule has 4 N–H and O–H groups in total.